The zero-order valence-electron chi connectivity index (χ0n) is 18.2. The monoisotopic (exact) mass is 444 g/mol. The number of esters is 2. The number of aromatic nitrogens is 3. The first-order chi connectivity index (χ1) is 14.6. The standard InChI is InChI=1S/C21H24N4O5S/c1-7-29-21(28)16-13(6)15(20(27)30-10(2)3)19(31-16)24-18(26)14-9-22-25-12(5)8-11(4)23-17(14)25/h8-10H,7H2,1-6H3,(H,24,26). The Hall–Kier alpha value is -3.27. The van der Waals surface area contributed by atoms with Crippen LogP contribution in [0, 0.1) is 20.8 Å². The van der Waals surface area contributed by atoms with E-state index in [4.69, 9.17) is 9.47 Å². The van der Waals surface area contributed by atoms with Crippen LogP contribution in [0.4, 0.5) is 5.00 Å². The minimum atomic E-state index is -0.626. The Morgan fingerprint density at radius 2 is 1.90 bits per heavy atom. The van der Waals surface area contributed by atoms with Crippen LogP contribution in [-0.2, 0) is 9.47 Å². The van der Waals surface area contributed by atoms with Crippen LogP contribution in [0.2, 0.25) is 0 Å². The predicted molar refractivity (Wildman–Crippen MR) is 116 cm³/mol. The van der Waals surface area contributed by atoms with Gasteiger partial charge in [-0.15, -0.1) is 11.3 Å². The quantitative estimate of drug-likeness (QED) is 0.577. The van der Waals surface area contributed by atoms with Crippen LogP contribution in [0.5, 0.6) is 0 Å². The maximum Gasteiger partial charge on any atom is 0.348 e. The van der Waals surface area contributed by atoms with Crippen LogP contribution in [0.1, 0.15) is 68.1 Å². The lowest BCUT2D eigenvalue weighted by atomic mass is 10.1. The molecule has 0 aromatic carbocycles. The van der Waals surface area contributed by atoms with Crippen LogP contribution in [0.25, 0.3) is 5.65 Å². The molecule has 0 spiro atoms. The second-order valence-electron chi connectivity index (χ2n) is 7.22. The minimum Gasteiger partial charge on any atom is -0.462 e. The second kappa shape index (κ2) is 8.84. The number of carbonyl (C=O) groups excluding carboxylic acids is 3. The van der Waals surface area contributed by atoms with Gasteiger partial charge in [0.15, 0.2) is 5.65 Å². The molecule has 0 unspecified atom stereocenters. The van der Waals surface area contributed by atoms with Gasteiger partial charge in [-0.25, -0.2) is 19.1 Å². The van der Waals surface area contributed by atoms with Crippen molar-refractivity contribution in [2.75, 3.05) is 11.9 Å². The number of hydrogen-bond acceptors (Lipinski definition) is 8. The van der Waals surface area contributed by atoms with Crippen LogP contribution < -0.4 is 5.32 Å². The number of fused-ring (bicyclic) bond motifs is 1. The molecule has 10 heteroatoms. The molecule has 0 aliphatic carbocycles. The lowest BCUT2D eigenvalue weighted by molar-refractivity contribution is 0.0379. The van der Waals surface area contributed by atoms with E-state index in [1.54, 1.807) is 32.2 Å². The lowest BCUT2D eigenvalue weighted by Gasteiger charge is -2.10. The van der Waals surface area contributed by atoms with E-state index in [0.717, 1.165) is 22.7 Å². The topological polar surface area (TPSA) is 112 Å². The van der Waals surface area contributed by atoms with Gasteiger partial charge in [0.25, 0.3) is 5.91 Å². The van der Waals surface area contributed by atoms with E-state index in [1.807, 2.05) is 19.9 Å². The SMILES string of the molecule is CCOC(=O)c1sc(NC(=O)c2cnn3c(C)cc(C)nc23)c(C(=O)OC(C)C)c1C. The third-order valence-corrected chi connectivity index (χ3v) is 5.59. The van der Waals surface area contributed by atoms with Crippen molar-refractivity contribution in [2.45, 2.75) is 47.6 Å². The molecule has 0 saturated heterocycles. The van der Waals surface area contributed by atoms with Gasteiger partial charge in [-0.2, -0.15) is 5.10 Å². The molecule has 0 aliphatic rings. The Balaban J connectivity index is 2.03. The molecule has 0 fully saturated rings. The number of rotatable bonds is 6. The van der Waals surface area contributed by atoms with Crippen molar-refractivity contribution >= 4 is 39.8 Å². The van der Waals surface area contributed by atoms with Gasteiger partial charge in [-0.05, 0) is 53.2 Å². The van der Waals surface area contributed by atoms with Gasteiger partial charge < -0.3 is 14.8 Å². The molecule has 0 radical (unpaired) electrons. The third-order valence-electron chi connectivity index (χ3n) is 4.40. The summed E-state index contributed by atoms with van der Waals surface area (Å²) in [4.78, 5) is 42.8. The largest absolute Gasteiger partial charge is 0.462 e. The summed E-state index contributed by atoms with van der Waals surface area (Å²) in [5.74, 6) is -1.69. The van der Waals surface area contributed by atoms with Gasteiger partial charge >= 0.3 is 11.9 Å². The lowest BCUT2D eigenvalue weighted by Crippen LogP contribution is -2.17. The number of anilines is 1. The number of aryl methyl sites for hydroxylation is 2. The van der Waals surface area contributed by atoms with Crippen molar-refractivity contribution < 1.29 is 23.9 Å². The van der Waals surface area contributed by atoms with E-state index in [2.05, 4.69) is 15.4 Å². The normalized spacial score (nSPS) is 11.1. The first kappa shape index (κ1) is 22.4. The number of hydrogen-bond donors (Lipinski definition) is 1. The molecule has 9 nitrogen and oxygen atoms in total. The Morgan fingerprint density at radius 3 is 2.55 bits per heavy atom. The summed E-state index contributed by atoms with van der Waals surface area (Å²) in [5.41, 5.74) is 2.76. The summed E-state index contributed by atoms with van der Waals surface area (Å²) >= 11 is 0.972. The first-order valence-corrected chi connectivity index (χ1v) is 10.6. The van der Waals surface area contributed by atoms with Gasteiger partial charge in [0.1, 0.15) is 15.4 Å². The number of carbonyl (C=O) groups is 3. The minimum absolute atomic E-state index is 0.131. The molecule has 3 rings (SSSR count). The average Bonchev–Trinajstić information content (AvgIpc) is 3.22. The van der Waals surface area contributed by atoms with E-state index < -0.39 is 17.8 Å². The Bertz CT molecular complexity index is 1180. The molecular formula is C21H24N4O5S. The number of nitrogens with one attached hydrogen (secondary N) is 1. The number of amides is 1. The predicted octanol–water partition coefficient (Wildman–Crippen LogP) is 3.71. The highest BCUT2D eigenvalue weighted by Crippen LogP contribution is 2.35. The molecule has 0 bridgehead atoms. The molecule has 1 amide bonds. The summed E-state index contributed by atoms with van der Waals surface area (Å²) < 4.78 is 12.0. The molecule has 31 heavy (non-hydrogen) atoms. The Kier molecular flexibility index (Phi) is 6.40. The van der Waals surface area contributed by atoms with Gasteiger partial charge in [0.05, 0.1) is 24.5 Å². The maximum atomic E-state index is 13.1. The van der Waals surface area contributed by atoms with Crippen molar-refractivity contribution in [2.24, 2.45) is 0 Å². The zero-order valence-corrected chi connectivity index (χ0v) is 19.0. The van der Waals surface area contributed by atoms with Gasteiger partial charge in [-0.3, -0.25) is 4.79 Å². The Morgan fingerprint density at radius 1 is 1.19 bits per heavy atom. The van der Waals surface area contributed by atoms with E-state index >= 15 is 0 Å². The Labute approximate surface area is 183 Å². The molecule has 3 aromatic rings. The van der Waals surface area contributed by atoms with Gasteiger partial charge in [0.2, 0.25) is 0 Å². The molecule has 1 N–H and O–H groups in total. The van der Waals surface area contributed by atoms with E-state index in [1.165, 1.54) is 6.20 Å². The fourth-order valence-electron chi connectivity index (χ4n) is 3.11. The summed E-state index contributed by atoms with van der Waals surface area (Å²) in [6.07, 6.45) is 1.05. The van der Waals surface area contributed by atoms with E-state index in [0.29, 0.717) is 11.2 Å². The number of nitrogens with zero attached hydrogens (tertiary/aromatic N) is 3. The number of ether oxygens (including phenoxy) is 2. The van der Waals surface area contributed by atoms with Crippen molar-refractivity contribution in [1.29, 1.82) is 0 Å². The van der Waals surface area contributed by atoms with Gasteiger partial charge in [-0.1, -0.05) is 0 Å². The molecule has 164 valence electrons. The fourth-order valence-corrected chi connectivity index (χ4v) is 4.20. The van der Waals surface area contributed by atoms with E-state index in [9.17, 15) is 14.4 Å². The molecule has 3 aromatic heterocycles. The maximum absolute atomic E-state index is 13.1. The summed E-state index contributed by atoms with van der Waals surface area (Å²) in [6, 6.07) is 1.86. The number of thiophene rings is 1. The van der Waals surface area contributed by atoms with Crippen molar-refractivity contribution in [1.82, 2.24) is 14.6 Å². The van der Waals surface area contributed by atoms with Crippen LogP contribution in [0.15, 0.2) is 12.3 Å². The highest BCUT2D eigenvalue weighted by molar-refractivity contribution is 7.18. The summed E-state index contributed by atoms with van der Waals surface area (Å²) in [6.45, 7) is 10.6. The fraction of sp³-hybridized carbons (Fsp3) is 0.381. The van der Waals surface area contributed by atoms with Gasteiger partial charge in [0, 0.05) is 11.4 Å². The smallest absolute Gasteiger partial charge is 0.348 e. The molecule has 3 heterocycles. The first-order valence-electron chi connectivity index (χ1n) is 9.78. The molecular weight excluding hydrogens is 420 g/mol. The molecule has 0 atom stereocenters. The molecule has 0 aliphatic heterocycles. The summed E-state index contributed by atoms with van der Waals surface area (Å²) in [7, 11) is 0. The van der Waals surface area contributed by atoms with Crippen molar-refractivity contribution in [3.8, 4) is 0 Å². The second-order valence-corrected chi connectivity index (χ2v) is 8.24. The highest BCUT2D eigenvalue weighted by Gasteiger charge is 2.29. The van der Waals surface area contributed by atoms with Crippen molar-refractivity contribution in [3.05, 3.63) is 45.2 Å². The summed E-state index contributed by atoms with van der Waals surface area (Å²) in [5, 5.41) is 7.17. The third kappa shape index (κ3) is 4.43. The van der Waals surface area contributed by atoms with Crippen LogP contribution >= 0.6 is 11.3 Å². The zero-order chi connectivity index (χ0) is 22.9. The molecule has 0 saturated carbocycles. The van der Waals surface area contributed by atoms with Crippen LogP contribution in [-0.4, -0.2) is 45.2 Å². The van der Waals surface area contributed by atoms with Crippen LogP contribution in [0.3, 0.4) is 0 Å². The average molecular weight is 445 g/mol. The highest BCUT2D eigenvalue weighted by atomic mass is 32.1. The van der Waals surface area contributed by atoms with E-state index in [-0.39, 0.29) is 33.7 Å². The van der Waals surface area contributed by atoms with Crippen molar-refractivity contribution in [3.63, 3.8) is 0 Å².